The summed E-state index contributed by atoms with van der Waals surface area (Å²) in [6, 6.07) is 5.79. The fourth-order valence-electron chi connectivity index (χ4n) is 3.23. The minimum Gasteiger partial charge on any atom is -0.481 e. The van der Waals surface area contributed by atoms with Crippen LogP contribution in [-0.4, -0.2) is 35.0 Å². The number of nitrogens with one attached hydrogen (secondary N) is 1. The number of anilines is 1. The highest BCUT2D eigenvalue weighted by molar-refractivity contribution is 6.01. The minimum atomic E-state index is -0.957. The van der Waals surface area contributed by atoms with E-state index >= 15 is 0 Å². The second-order valence-electron chi connectivity index (χ2n) is 7.76. The molecule has 1 aliphatic heterocycles. The van der Waals surface area contributed by atoms with Crippen molar-refractivity contribution in [2.24, 2.45) is 11.8 Å². The zero-order valence-electron chi connectivity index (χ0n) is 16.1. The van der Waals surface area contributed by atoms with Crippen molar-refractivity contribution in [1.29, 1.82) is 0 Å². The van der Waals surface area contributed by atoms with Crippen LogP contribution in [0.25, 0.3) is 0 Å². The maximum absolute atomic E-state index is 12.7. The summed E-state index contributed by atoms with van der Waals surface area (Å²) in [6.07, 6.45) is -0.0156. The van der Waals surface area contributed by atoms with Gasteiger partial charge in [-0.05, 0) is 43.9 Å². The second-order valence-corrected chi connectivity index (χ2v) is 7.76. The Hall–Kier alpha value is -2.37. The number of hydrogen-bond donors (Lipinski definition) is 2. The van der Waals surface area contributed by atoms with Crippen LogP contribution in [0, 0.1) is 25.7 Å². The molecule has 0 aliphatic carbocycles. The summed E-state index contributed by atoms with van der Waals surface area (Å²) in [5.41, 5.74) is 2.11. The zero-order chi connectivity index (χ0) is 19.6. The first-order valence-electron chi connectivity index (χ1n) is 8.95. The minimum absolute atomic E-state index is 0.0465. The van der Waals surface area contributed by atoms with Crippen LogP contribution in [0.3, 0.4) is 0 Å². The van der Waals surface area contributed by atoms with Crippen LogP contribution in [-0.2, 0) is 14.4 Å². The number of carboxylic acids is 1. The van der Waals surface area contributed by atoms with Crippen molar-refractivity contribution in [2.75, 3.05) is 11.4 Å². The third-order valence-electron chi connectivity index (χ3n) is 5.56. The molecule has 1 aromatic rings. The summed E-state index contributed by atoms with van der Waals surface area (Å²) < 4.78 is 0. The van der Waals surface area contributed by atoms with E-state index in [-0.39, 0.29) is 30.6 Å². The number of amides is 2. The molecule has 2 rings (SSSR count). The molecule has 1 fully saturated rings. The maximum Gasteiger partial charge on any atom is 0.305 e. The SMILES string of the molecule is Cc1cccc(N2CC(C(=O)NC(C)(CC(=O)O)C(C)C)CC2=O)c1C. The molecule has 2 atom stereocenters. The molecule has 0 radical (unpaired) electrons. The van der Waals surface area contributed by atoms with E-state index in [1.165, 1.54) is 0 Å². The first kappa shape index (κ1) is 19.9. The molecule has 2 N–H and O–H groups in total. The summed E-state index contributed by atoms with van der Waals surface area (Å²) in [7, 11) is 0. The van der Waals surface area contributed by atoms with Crippen molar-refractivity contribution in [3.63, 3.8) is 0 Å². The number of hydrogen-bond acceptors (Lipinski definition) is 3. The van der Waals surface area contributed by atoms with Crippen LogP contribution in [0.5, 0.6) is 0 Å². The van der Waals surface area contributed by atoms with E-state index in [1.54, 1.807) is 11.8 Å². The van der Waals surface area contributed by atoms with Crippen LogP contribution in [0.1, 0.15) is 44.7 Å². The average Bonchev–Trinajstić information content (AvgIpc) is 2.91. The Morgan fingerprint density at radius 3 is 2.58 bits per heavy atom. The van der Waals surface area contributed by atoms with Gasteiger partial charge in [0.15, 0.2) is 0 Å². The van der Waals surface area contributed by atoms with E-state index in [2.05, 4.69) is 5.32 Å². The number of carbonyl (C=O) groups excluding carboxylic acids is 2. The smallest absolute Gasteiger partial charge is 0.305 e. The lowest BCUT2D eigenvalue weighted by Gasteiger charge is -2.34. The zero-order valence-corrected chi connectivity index (χ0v) is 16.1. The molecule has 26 heavy (non-hydrogen) atoms. The molecule has 0 bridgehead atoms. The summed E-state index contributed by atoms with van der Waals surface area (Å²) in [5, 5.41) is 12.0. The van der Waals surface area contributed by atoms with Gasteiger partial charge in [-0.3, -0.25) is 14.4 Å². The molecular formula is C20H28N2O4. The predicted molar refractivity (Wildman–Crippen MR) is 100 cm³/mol. The monoisotopic (exact) mass is 360 g/mol. The molecule has 0 spiro atoms. The van der Waals surface area contributed by atoms with Gasteiger partial charge < -0.3 is 15.3 Å². The van der Waals surface area contributed by atoms with E-state index < -0.39 is 17.4 Å². The Kier molecular flexibility index (Phi) is 5.74. The highest BCUT2D eigenvalue weighted by Crippen LogP contribution is 2.30. The van der Waals surface area contributed by atoms with Crippen LogP contribution < -0.4 is 10.2 Å². The number of rotatable bonds is 6. The molecule has 0 saturated carbocycles. The van der Waals surface area contributed by atoms with Crippen molar-refractivity contribution in [1.82, 2.24) is 5.32 Å². The Morgan fingerprint density at radius 1 is 1.35 bits per heavy atom. The van der Waals surface area contributed by atoms with E-state index in [9.17, 15) is 14.4 Å². The second kappa shape index (κ2) is 7.48. The molecule has 2 unspecified atom stereocenters. The summed E-state index contributed by atoms with van der Waals surface area (Å²) >= 11 is 0. The standard InChI is InChI=1S/C20H28N2O4/c1-12(2)20(5,10-18(24)25)21-19(26)15-9-17(23)22(11-15)16-8-6-7-13(3)14(16)4/h6-8,12,15H,9-11H2,1-5H3,(H,21,26)(H,24,25). The van der Waals surface area contributed by atoms with Gasteiger partial charge in [0.25, 0.3) is 0 Å². The van der Waals surface area contributed by atoms with Crippen molar-refractivity contribution in [3.8, 4) is 0 Å². The largest absolute Gasteiger partial charge is 0.481 e. The van der Waals surface area contributed by atoms with Gasteiger partial charge in [0.05, 0.1) is 12.3 Å². The predicted octanol–water partition coefficient (Wildman–Crippen LogP) is 2.66. The van der Waals surface area contributed by atoms with Gasteiger partial charge >= 0.3 is 5.97 Å². The average molecular weight is 360 g/mol. The van der Waals surface area contributed by atoms with Gasteiger partial charge in [0.1, 0.15) is 0 Å². The molecule has 1 aromatic carbocycles. The highest BCUT2D eigenvalue weighted by Gasteiger charge is 2.40. The third-order valence-corrected chi connectivity index (χ3v) is 5.56. The number of aliphatic carboxylic acids is 1. The molecule has 6 nitrogen and oxygen atoms in total. The lowest BCUT2D eigenvalue weighted by molar-refractivity contribution is -0.140. The van der Waals surface area contributed by atoms with Crippen molar-refractivity contribution in [2.45, 2.75) is 53.0 Å². The Morgan fingerprint density at radius 2 is 2.00 bits per heavy atom. The first-order chi connectivity index (χ1) is 12.0. The van der Waals surface area contributed by atoms with Crippen molar-refractivity contribution >= 4 is 23.5 Å². The van der Waals surface area contributed by atoms with Gasteiger partial charge in [-0.25, -0.2) is 0 Å². The Balaban J connectivity index is 2.16. The fraction of sp³-hybridized carbons (Fsp3) is 0.550. The molecule has 1 heterocycles. The molecule has 1 saturated heterocycles. The summed E-state index contributed by atoms with van der Waals surface area (Å²) in [6.45, 7) is 9.77. The number of nitrogens with zero attached hydrogens (tertiary/aromatic N) is 1. The first-order valence-corrected chi connectivity index (χ1v) is 8.95. The maximum atomic E-state index is 12.7. The molecule has 6 heteroatoms. The van der Waals surface area contributed by atoms with Crippen molar-refractivity contribution in [3.05, 3.63) is 29.3 Å². The van der Waals surface area contributed by atoms with Crippen LogP contribution >= 0.6 is 0 Å². The number of carbonyl (C=O) groups is 3. The number of benzene rings is 1. The number of carboxylic acid groups (broad SMARTS) is 1. The van der Waals surface area contributed by atoms with Gasteiger partial charge in [0.2, 0.25) is 11.8 Å². The van der Waals surface area contributed by atoms with Gasteiger partial charge in [-0.2, -0.15) is 0 Å². The molecule has 1 aliphatic rings. The van der Waals surface area contributed by atoms with Crippen LogP contribution in [0.4, 0.5) is 5.69 Å². The summed E-state index contributed by atoms with van der Waals surface area (Å²) in [5.74, 6) is -1.82. The molecule has 2 amide bonds. The normalized spacial score (nSPS) is 19.5. The molecular weight excluding hydrogens is 332 g/mol. The fourth-order valence-corrected chi connectivity index (χ4v) is 3.23. The number of aryl methyl sites for hydroxylation is 1. The van der Waals surface area contributed by atoms with Gasteiger partial charge in [0, 0.05) is 24.2 Å². The van der Waals surface area contributed by atoms with Crippen molar-refractivity contribution < 1.29 is 19.5 Å². The third kappa shape index (κ3) is 4.06. The molecule has 142 valence electrons. The topological polar surface area (TPSA) is 86.7 Å². The summed E-state index contributed by atoms with van der Waals surface area (Å²) in [4.78, 5) is 38.1. The van der Waals surface area contributed by atoms with E-state index in [0.29, 0.717) is 6.54 Å². The van der Waals surface area contributed by atoms with E-state index in [0.717, 1.165) is 16.8 Å². The van der Waals surface area contributed by atoms with Gasteiger partial charge in [-0.1, -0.05) is 26.0 Å². The van der Waals surface area contributed by atoms with Crippen LogP contribution in [0.15, 0.2) is 18.2 Å². The van der Waals surface area contributed by atoms with Crippen LogP contribution in [0.2, 0.25) is 0 Å². The Bertz CT molecular complexity index is 729. The molecule has 0 aromatic heterocycles. The van der Waals surface area contributed by atoms with Gasteiger partial charge in [-0.15, -0.1) is 0 Å². The lowest BCUT2D eigenvalue weighted by atomic mass is 9.84. The van der Waals surface area contributed by atoms with E-state index in [1.807, 2.05) is 45.9 Å². The quantitative estimate of drug-likeness (QED) is 0.816. The Labute approximate surface area is 154 Å². The van der Waals surface area contributed by atoms with E-state index in [4.69, 9.17) is 5.11 Å². The highest BCUT2D eigenvalue weighted by atomic mass is 16.4. The lowest BCUT2D eigenvalue weighted by Crippen LogP contribution is -2.53.